The van der Waals surface area contributed by atoms with Crippen molar-refractivity contribution in [2.24, 2.45) is 0 Å². The van der Waals surface area contributed by atoms with Gasteiger partial charge in [0.05, 0.1) is 11.9 Å². The summed E-state index contributed by atoms with van der Waals surface area (Å²) in [4.78, 5) is 4.44. The molecule has 3 heteroatoms. The van der Waals surface area contributed by atoms with Crippen LogP contribution in [0.1, 0.15) is 11.3 Å². The summed E-state index contributed by atoms with van der Waals surface area (Å²) in [6.07, 6.45) is 1.78. The van der Waals surface area contributed by atoms with Crippen LogP contribution in [-0.4, -0.2) is 14.6 Å². The monoisotopic (exact) mass is 223 g/mol. The van der Waals surface area contributed by atoms with Crippen LogP contribution in [0.3, 0.4) is 0 Å². The first-order valence-corrected chi connectivity index (χ1v) is 5.62. The lowest BCUT2D eigenvalue weighted by Gasteiger charge is -2.06. The van der Waals surface area contributed by atoms with Crippen molar-refractivity contribution in [1.82, 2.24) is 14.6 Å². The Morgan fingerprint density at radius 3 is 2.53 bits per heavy atom. The van der Waals surface area contributed by atoms with Crippen molar-refractivity contribution in [1.29, 1.82) is 0 Å². The molecular weight excluding hydrogens is 210 g/mol. The molecule has 0 aliphatic heterocycles. The van der Waals surface area contributed by atoms with E-state index < -0.39 is 0 Å². The second-order valence-electron chi connectivity index (χ2n) is 4.25. The molecule has 0 saturated carbocycles. The van der Waals surface area contributed by atoms with Crippen molar-refractivity contribution in [2.75, 3.05) is 0 Å². The Balaban J connectivity index is 2.28. The summed E-state index contributed by atoms with van der Waals surface area (Å²) in [6.45, 7) is 4.09. The number of benzene rings is 1. The first kappa shape index (κ1) is 10.0. The van der Waals surface area contributed by atoms with E-state index in [0.29, 0.717) is 0 Å². The number of hydrogen-bond donors (Lipinski definition) is 0. The average molecular weight is 223 g/mol. The minimum absolute atomic E-state index is 0.889. The number of aromatic nitrogens is 3. The zero-order valence-electron chi connectivity index (χ0n) is 9.88. The number of hydrogen-bond acceptors (Lipinski definition) is 2. The lowest BCUT2D eigenvalue weighted by Crippen LogP contribution is -1.97. The second kappa shape index (κ2) is 3.70. The van der Waals surface area contributed by atoms with Gasteiger partial charge in [-0.15, -0.1) is 0 Å². The van der Waals surface area contributed by atoms with Gasteiger partial charge >= 0.3 is 0 Å². The van der Waals surface area contributed by atoms with E-state index in [0.717, 1.165) is 22.6 Å². The van der Waals surface area contributed by atoms with Crippen molar-refractivity contribution in [2.45, 2.75) is 13.8 Å². The molecule has 0 radical (unpaired) electrons. The van der Waals surface area contributed by atoms with Crippen LogP contribution in [0.15, 0.2) is 42.6 Å². The summed E-state index contributed by atoms with van der Waals surface area (Å²) in [7, 11) is 0. The van der Waals surface area contributed by atoms with E-state index in [2.05, 4.69) is 47.3 Å². The molecule has 2 aromatic heterocycles. The van der Waals surface area contributed by atoms with Crippen molar-refractivity contribution in [3.8, 4) is 11.3 Å². The molecule has 0 atom stereocenters. The molecular formula is C14H13N3. The molecule has 0 saturated heterocycles. The summed E-state index contributed by atoms with van der Waals surface area (Å²) in [5, 5.41) is 4.31. The van der Waals surface area contributed by atoms with Crippen molar-refractivity contribution < 1.29 is 0 Å². The van der Waals surface area contributed by atoms with E-state index in [1.165, 1.54) is 5.56 Å². The first-order valence-electron chi connectivity index (χ1n) is 5.62. The normalized spacial score (nSPS) is 10.9. The van der Waals surface area contributed by atoms with Gasteiger partial charge in [0.25, 0.3) is 0 Å². The highest BCUT2D eigenvalue weighted by molar-refractivity contribution is 5.63. The molecule has 0 N–H and O–H groups in total. The van der Waals surface area contributed by atoms with Crippen LogP contribution in [0.4, 0.5) is 0 Å². The Labute approximate surface area is 99.7 Å². The minimum atomic E-state index is 0.889. The van der Waals surface area contributed by atoms with E-state index >= 15 is 0 Å². The van der Waals surface area contributed by atoms with Crippen molar-refractivity contribution in [3.05, 3.63) is 53.9 Å². The molecule has 0 bridgehead atoms. The third-order valence-electron chi connectivity index (χ3n) is 2.83. The van der Waals surface area contributed by atoms with Gasteiger partial charge in [-0.1, -0.05) is 29.8 Å². The largest absolute Gasteiger partial charge is 0.234 e. The maximum absolute atomic E-state index is 4.44. The smallest absolute Gasteiger partial charge is 0.155 e. The highest BCUT2D eigenvalue weighted by atomic mass is 15.2. The lowest BCUT2D eigenvalue weighted by molar-refractivity contribution is 0.938. The van der Waals surface area contributed by atoms with Crippen LogP contribution in [0.25, 0.3) is 16.9 Å². The number of aryl methyl sites for hydroxylation is 2. The summed E-state index contributed by atoms with van der Waals surface area (Å²) in [5.41, 5.74) is 5.40. The van der Waals surface area contributed by atoms with E-state index in [4.69, 9.17) is 0 Å². The molecule has 3 aromatic rings. The minimum Gasteiger partial charge on any atom is -0.234 e. The first-order chi connectivity index (χ1) is 8.24. The highest BCUT2D eigenvalue weighted by Gasteiger charge is 2.06. The summed E-state index contributed by atoms with van der Waals surface area (Å²) in [6, 6.07) is 12.4. The van der Waals surface area contributed by atoms with Gasteiger partial charge in [-0.2, -0.15) is 5.10 Å². The van der Waals surface area contributed by atoms with Gasteiger partial charge in [0, 0.05) is 17.3 Å². The van der Waals surface area contributed by atoms with Crippen molar-refractivity contribution >= 4 is 5.65 Å². The quantitative estimate of drug-likeness (QED) is 0.634. The van der Waals surface area contributed by atoms with Gasteiger partial charge in [0.15, 0.2) is 5.65 Å². The van der Waals surface area contributed by atoms with Crippen LogP contribution in [0.2, 0.25) is 0 Å². The van der Waals surface area contributed by atoms with E-state index in [1.807, 2.05) is 17.5 Å². The van der Waals surface area contributed by atoms with Crippen LogP contribution in [0.5, 0.6) is 0 Å². The maximum Gasteiger partial charge on any atom is 0.155 e. The van der Waals surface area contributed by atoms with E-state index in [1.54, 1.807) is 6.20 Å². The molecule has 84 valence electrons. The molecule has 2 heterocycles. The third-order valence-corrected chi connectivity index (χ3v) is 2.83. The average Bonchev–Trinajstić information content (AvgIpc) is 2.77. The van der Waals surface area contributed by atoms with Gasteiger partial charge in [-0.25, -0.2) is 9.50 Å². The molecule has 0 aliphatic rings. The molecule has 0 amide bonds. The number of rotatable bonds is 1. The molecule has 17 heavy (non-hydrogen) atoms. The molecule has 0 aliphatic carbocycles. The van der Waals surface area contributed by atoms with Crippen molar-refractivity contribution in [3.63, 3.8) is 0 Å². The van der Waals surface area contributed by atoms with Gasteiger partial charge in [0.2, 0.25) is 0 Å². The Kier molecular flexibility index (Phi) is 2.18. The predicted molar refractivity (Wildman–Crippen MR) is 67.9 cm³/mol. The second-order valence-corrected chi connectivity index (χ2v) is 4.25. The Hall–Kier alpha value is -2.16. The molecule has 3 nitrogen and oxygen atoms in total. The standard InChI is InChI=1S/C14H13N3/c1-10-3-5-12(6-4-10)13-9-11(2)16-14-7-8-15-17(13)14/h3-9H,1-2H3. The Bertz CT molecular complexity index is 666. The van der Waals surface area contributed by atoms with E-state index in [-0.39, 0.29) is 0 Å². The topological polar surface area (TPSA) is 30.2 Å². The molecule has 0 fully saturated rings. The van der Waals surface area contributed by atoms with Gasteiger partial charge in [0.1, 0.15) is 0 Å². The molecule has 0 unspecified atom stereocenters. The molecule has 1 aromatic carbocycles. The SMILES string of the molecule is Cc1ccc(-c2cc(C)nc3ccnn23)cc1. The summed E-state index contributed by atoms with van der Waals surface area (Å²) < 4.78 is 1.87. The highest BCUT2D eigenvalue weighted by Crippen LogP contribution is 2.21. The fraction of sp³-hybridized carbons (Fsp3) is 0.143. The van der Waals surface area contributed by atoms with Crippen LogP contribution in [0, 0.1) is 13.8 Å². The van der Waals surface area contributed by atoms with Gasteiger partial charge < -0.3 is 0 Å². The maximum atomic E-state index is 4.44. The fourth-order valence-corrected chi connectivity index (χ4v) is 1.97. The Morgan fingerprint density at radius 1 is 1.00 bits per heavy atom. The summed E-state index contributed by atoms with van der Waals surface area (Å²) >= 11 is 0. The van der Waals surface area contributed by atoms with Gasteiger partial charge in [-0.05, 0) is 19.9 Å². The third kappa shape index (κ3) is 1.69. The molecule has 0 spiro atoms. The van der Waals surface area contributed by atoms with Gasteiger partial charge in [-0.3, -0.25) is 0 Å². The lowest BCUT2D eigenvalue weighted by atomic mass is 10.1. The number of fused-ring (bicyclic) bond motifs is 1. The van der Waals surface area contributed by atoms with Crippen LogP contribution < -0.4 is 0 Å². The number of nitrogens with zero attached hydrogens (tertiary/aromatic N) is 3. The molecule has 3 rings (SSSR count). The van der Waals surface area contributed by atoms with Crippen LogP contribution >= 0.6 is 0 Å². The summed E-state index contributed by atoms with van der Waals surface area (Å²) in [5.74, 6) is 0. The zero-order valence-corrected chi connectivity index (χ0v) is 9.88. The predicted octanol–water partition coefficient (Wildman–Crippen LogP) is 3.01. The van der Waals surface area contributed by atoms with E-state index in [9.17, 15) is 0 Å². The Morgan fingerprint density at radius 2 is 1.76 bits per heavy atom. The van der Waals surface area contributed by atoms with Crippen LogP contribution in [-0.2, 0) is 0 Å². The zero-order chi connectivity index (χ0) is 11.8. The fourth-order valence-electron chi connectivity index (χ4n) is 1.97.